The predicted octanol–water partition coefficient (Wildman–Crippen LogP) is 3.41. The number of carboxylic acid groups (broad SMARTS) is 1. The molecule has 2 atom stereocenters. The van der Waals surface area contributed by atoms with Gasteiger partial charge in [-0.1, -0.05) is 50.6 Å². The van der Waals surface area contributed by atoms with Gasteiger partial charge in [-0.25, -0.2) is 9.59 Å². The van der Waals surface area contributed by atoms with E-state index in [4.69, 9.17) is 4.74 Å². The molecule has 0 aliphatic heterocycles. The molecule has 1 aromatic carbocycles. The average Bonchev–Trinajstić information content (AvgIpc) is 2.74. The van der Waals surface area contributed by atoms with Crippen LogP contribution in [0.4, 0.5) is 4.79 Å². The van der Waals surface area contributed by atoms with E-state index in [0.717, 1.165) is 5.56 Å². The largest absolute Gasteiger partial charge is 0.480 e. The highest BCUT2D eigenvalue weighted by Crippen LogP contribution is 2.09. The molecule has 0 aliphatic rings. The molecule has 4 N–H and O–H groups in total. The third-order valence-electron chi connectivity index (χ3n) is 5.00. The van der Waals surface area contributed by atoms with Crippen molar-refractivity contribution in [3.8, 4) is 0 Å². The number of benzene rings is 1. The number of alkyl carbamates (subject to hydrolysis) is 1. The summed E-state index contributed by atoms with van der Waals surface area (Å²) in [5.41, 5.74) is 0.307. The van der Waals surface area contributed by atoms with Crippen molar-refractivity contribution in [2.75, 3.05) is 6.54 Å². The van der Waals surface area contributed by atoms with E-state index in [9.17, 15) is 24.3 Å². The van der Waals surface area contributed by atoms with Gasteiger partial charge in [0.25, 0.3) is 0 Å². The lowest BCUT2D eigenvalue weighted by Gasteiger charge is -2.22. The third-order valence-corrected chi connectivity index (χ3v) is 5.00. The Morgan fingerprint density at radius 2 is 1.60 bits per heavy atom. The maximum atomic E-state index is 12.9. The molecule has 0 radical (unpaired) electrons. The van der Waals surface area contributed by atoms with Crippen molar-refractivity contribution in [3.05, 3.63) is 35.9 Å². The standard InChI is InChI=1S/C26H41N3O6/c1-18(2)16-21(24(32)33)29-23(31)20(17-19-12-8-6-9-13-19)28-22(30)14-10-7-11-15-27-25(34)35-26(3,4)5/h6,8-9,12-13,18,20-21H,7,10-11,14-17H2,1-5H3,(H,27,34)(H,28,30)(H,29,31)(H,32,33)/t20-,21-/m0/s1. The van der Waals surface area contributed by atoms with E-state index in [1.165, 1.54) is 0 Å². The monoisotopic (exact) mass is 491 g/mol. The first-order valence-corrected chi connectivity index (χ1v) is 12.2. The van der Waals surface area contributed by atoms with Crippen LogP contribution in [0.25, 0.3) is 0 Å². The molecule has 0 spiro atoms. The van der Waals surface area contributed by atoms with E-state index in [0.29, 0.717) is 32.2 Å². The van der Waals surface area contributed by atoms with Crippen LogP contribution >= 0.6 is 0 Å². The molecule has 0 heterocycles. The van der Waals surface area contributed by atoms with Crippen LogP contribution in [0.3, 0.4) is 0 Å². The van der Waals surface area contributed by atoms with Crippen LogP contribution in [-0.2, 0) is 25.5 Å². The molecule has 0 bridgehead atoms. The van der Waals surface area contributed by atoms with E-state index in [1.54, 1.807) is 20.8 Å². The first-order chi connectivity index (χ1) is 16.4. The lowest BCUT2D eigenvalue weighted by atomic mass is 10.0. The number of amides is 3. The minimum absolute atomic E-state index is 0.0865. The van der Waals surface area contributed by atoms with Crippen LogP contribution in [-0.4, -0.2) is 53.2 Å². The van der Waals surface area contributed by atoms with E-state index in [-0.39, 0.29) is 24.7 Å². The molecule has 35 heavy (non-hydrogen) atoms. The first-order valence-electron chi connectivity index (χ1n) is 12.2. The quantitative estimate of drug-likeness (QED) is 0.295. The Bertz CT molecular complexity index is 820. The Balaban J connectivity index is 2.58. The lowest BCUT2D eigenvalue weighted by Crippen LogP contribution is -2.52. The van der Waals surface area contributed by atoms with Crippen molar-refractivity contribution >= 4 is 23.9 Å². The maximum Gasteiger partial charge on any atom is 0.407 e. The Labute approximate surface area is 208 Å². The van der Waals surface area contributed by atoms with Crippen LogP contribution in [0.1, 0.15) is 72.3 Å². The Morgan fingerprint density at radius 3 is 2.17 bits per heavy atom. The summed E-state index contributed by atoms with van der Waals surface area (Å²) in [6.07, 6.45) is 2.30. The number of rotatable bonds is 14. The fourth-order valence-corrected chi connectivity index (χ4v) is 3.38. The number of hydrogen-bond donors (Lipinski definition) is 4. The summed E-state index contributed by atoms with van der Waals surface area (Å²) >= 11 is 0. The van der Waals surface area contributed by atoms with Crippen molar-refractivity contribution in [2.24, 2.45) is 5.92 Å². The average molecular weight is 492 g/mol. The van der Waals surface area contributed by atoms with Crippen molar-refractivity contribution in [2.45, 2.75) is 90.8 Å². The molecule has 196 valence electrons. The van der Waals surface area contributed by atoms with Gasteiger partial charge in [-0.15, -0.1) is 0 Å². The van der Waals surface area contributed by atoms with Gasteiger partial charge in [0.05, 0.1) is 0 Å². The summed E-state index contributed by atoms with van der Waals surface area (Å²) in [5, 5.41) is 17.5. The van der Waals surface area contributed by atoms with Crippen molar-refractivity contribution in [1.82, 2.24) is 16.0 Å². The van der Waals surface area contributed by atoms with E-state index < -0.39 is 35.7 Å². The number of nitrogens with one attached hydrogen (secondary N) is 3. The zero-order valence-corrected chi connectivity index (χ0v) is 21.6. The predicted molar refractivity (Wildman–Crippen MR) is 134 cm³/mol. The highest BCUT2D eigenvalue weighted by molar-refractivity contribution is 5.90. The van der Waals surface area contributed by atoms with Crippen LogP contribution in [0.5, 0.6) is 0 Å². The summed E-state index contributed by atoms with van der Waals surface area (Å²) in [4.78, 5) is 48.7. The van der Waals surface area contributed by atoms with Gasteiger partial charge in [-0.2, -0.15) is 0 Å². The molecule has 9 nitrogen and oxygen atoms in total. The van der Waals surface area contributed by atoms with Crippen LogP contribution in [0.2, 0.25) is 0 Å². The molecule has 3 amide bonds. The number of carboxylic acids is 1. The zero-order valence-electron chi connectivity index (χ0n) is 21.6. The van der Waals surface area contributed by atoms with Crippen molar-refractivity contribution < 1.29 is 29.0 Å². The van der Waals surface area contributed by atoms with Gasteiger partial charge in [0.1, 0.15) is 17.7 Å². The van der Waals surface area contributed by atoms with Gasteiger partial charge in [0.2, 0.25) is 11.8 Å². The Morgan fingerprint density at radius 1 is 0.943 bits per heavy atom. The van der Waals surface area contributed by atoms with Gasteiger partial charge in [0.15, 0.2) is 0 Å². The molecule has 0 saturated heterocycles. The number of carbonyl (C=O) groups excluding carboxylic acids is 3. The van der Waals surface area contributed by atoms with Gasteiger partial charge >= 0.3 is 12.1 Å². The molecule has 1 rings (SSSR count). The van der Waals surface area contributed by atoms with Gasteiger partial charge in [0, 0.05) is 19.4 Å². The summed E-state index contributed by atoms with van der Waals surface area (Å²) in [5.74, 6) is -1.81. The van der Waals surface area contributed by atoms with Gasteiger partial charge in [-0.3, -0.25) is 9.59 Å². The second kappa shape index (κ2) is 15.0. The van der Waals surface area contributed by atoms with Crippen LogP contribution < -0.4 is 16.0 Å². The van der Waals surface area contributed by atoms with E-state index in [2.05, 4.69) is 16.0 Å². The van der Waals surface area contributed by atoms with Crippen LogP contribution in [0, 0.1) is 5.92 Å². The molecule has 0 aliphatic carbocycles. The molecule has 0 fully saturated rings. The molecule has 1 aromatic rings. The van der Waals surface area contributed by atoms with Gasteiger partial charge in [-0.05, 0) is 51.5 Å². The first kappa shape index (κ1) is 29.9. The minimum atomic E-state index is -1.10. The highest BCUT2D eigenvalue weighted by Gasteiger charge is 2.27. The number of hydrogen-bond acceptors (Lipinski definition) is 5. The Kier molecular flexibility index (Phi) is 12.8. The third kappa shape index (κ3) is 14.0. The Hall–Kier alpha value is -3.10. The smallest absolute Gasteiger partial charge is 0.407 e. The summed E-state index contributed by atoms with van der Waals surface area (Å²) in [6, 6.07) is 7.35. The zero-order chi connectivity index (χ0) is 26.4. The second-order valence-corrected chi connectivity index (χ2v) is 10.1. The van der Waals surface area contributed by atoms with E-state index >= 15 is 0 Å². The molecule has 9 heteroatoms. The molecule has 0 aromatic heterocycles. The second-order valence-electron chi connectivity index (χ2n) is 10.1. The number of aliphatic carboxylic acids is 1. The fourth-order valence-electron chi connectivity index (χ4n) is 3.38. The molecular weight excluding hydrogens is 450 g/mol. The summed E-state index contributed by atoms with van der Waals surface area (Å²) in [6.45, 7) is 9.60. The van der Waals surface area contributed by atoms with Crippen molar-refractivity contribution in [1.29, 1.82) is 0 Å². The highest BCUT2D eigenvalue weighted by atomic mass is 16.6. The molecule has 0 saturated carbocycles. The van der Waals surface area contributed by atoms with E-state index in [1.807, 2.05) is 44.2 Å². The number of carbonyl (C=O) groups is 4. The SMILES string of the molecule is CC(C)C[C@H](NC(=O)[C@H](Cc1ccccc1)NC(=O)CCCCCNC(=O)OC(C)(C)C)C(=O)O. The van der Waals surface area contributed by atoms with Crippen molar-refractivity contribution in [3.63, 3.8) is 0 Å². The van der Waals surface area contributed by atoms with Crippen LogP contribution in [0.15, 0.2) is 30.3 Å². The maximum absolute atomic E-state index is 12.9. The number of ether oxygens (including phenoxy) is 1. The molecule has 0 unspecified atom stereocenters. The lowest BCUT2D eigenvalue weighted by molar-refractivity contribution is -0.142. The normalized spacial score (nSPS) is 13.0. The number of unbranched alkanes of at least 4 members (excludes halogenated alkanes) is 2. The summed E-state index contributed by atoms with van der Waals surface area (Å²) < 4.78 is 5.17. The summed E-state index contributed by atoms with van der Waals surface area (Å²) in [7, 11) is 0. The fraction of sp³-hybridized carbons (Fsp3) is 0.615. The topological polar surface area (TPSA) is 134 Å². The van der Waals surface area contributed by atoms with Gasteiger partial charge < -0.3 is 25.8 Å². The minimum Gasteiger partial charge on any atom is -0.480 e. The molecular formula is C26H41N3O6.